The molecule has 0 rings (SSSR count). The van der Waals surface area contributed by atoms with Crippen LogP contribution in [-0.4, -0.2) is 25.5 Å². The van der Waals surface area contributed by atoms with Crippen LogP contribution in [0.4, 0.5) is 0 Å². The molecule has 3 heteroatoms. The van der Waals surface area contributed by atoms with Crippen LogP contribution in [0.3, 0.4) is 0 Å². The highest BCUT2D eigenvalue weighted by Crippen LogP contribution is 2.05. The average Bonchev–Trinajstić information content (AvgIpc) is 2.21. The van der Waals surface area contributed by atoms with Crippen LogP contribution in [0, 0.1) is 0 Å². The molecule has 0 aromatic carbocycles. The Morgan fingerprint density at radius 3 is 2.60 bits per heavy atom. The quantitative estimate of drug-likeness (QED) is 0.577. The molecular weight excluding hydrogens is 188 g/mol. The lowest BCUT2D eigenvalue weighted by atomic mass is 10.1. The third-order valence-corrected chi connectivity index (χ3v) is 2.50. The zero-order chi connectivity index (χ0) is 11.5. The molecule has 1 unspecified atom stereocenters. The summed E-state index contributed by atoms with van der Waals surface area (Å²) in [6.07, 6.45) is 6.76. The summed E-state index contributed by atoms with van der Waals surface area (Å²) >= 11 is 0. The molecular formula is C12H26N2O. The van der Waals surface area contributed by atoms with Crippen molar-refractivity contribution in [2.45, 2.75) is 58.4 Å². The van der Waals surface area contributed by atoms with E-state index in [4.69, 9.17) is 0 Å². The van der Waals surface area contributed by atoms with Gasteiger partial charge in [-0.1, -0.05) is 32.6 Å². The van der Waals surface area contributed by atoms with Gasteiger partial charge in [0.2, 0.25) is 5.91 Å². The second-order valence-electron chi connectivity index (χ2n) is 4.17. The van der Waals surface area contributed by atoms with Crippen LogP contribution in [0.5, 0.6) is 0 Å². The minimum absolute atomic E-state index is 0.160. The first-order valence-corrected chi connectivity index (χ1v) is 6.14. The van der Waals surface area contributed by atoms with E-state index in [0.717, 1.165) is 13.0 Å². The van der Waals surface area contributed by atoms with Gasteiger partial charge in [0.1, 0.15) is 0 Å². The molecule has 0 aromatic rings. The molecule has 15 heavy (non-hydrogen) atoms. The van der Waals surface area contributed by atoms with Gasteiger partial charge in [-0.15, -0.1) is 0 Å². The van der Waals surface area contributed by atoms with Gasteiger partial charge >= 0.3 is 0 Å². The van der Waals surface area contributed by atoms with Crippen LogP contribution in [0.2, 0.25) is 0 Å². The zero-order valence-electron chi connectivity index (χ0n) is 10.4. The van der Waals surface area contributed by atoms with Crippen molar-refractivity contribution < 1.29 is 4.79 Å². The molecule has 0 aliphatic carbocycles. The summed E-state index contributed by atoms with van der Waals surface area (Å²) in [5.41, 5.74) is 0. The molecule has 0 radical (unpaired) electrons. The molecule has 0 saturated carbocycles. The fourth-order valence-corrected chi connectivity index (χ4v) is 1.53. The Morgan fingerprint density at radius 2 is 2.00 bits per heavy atom. The highest BCUT2D eigenvalue weighted by molar-refractivity contribution is 5.76. The zero-order valence-corrected chi connectivity index (χ0v) is 10.4. The van der Waals surface area contributed by atoms with Gasteiger partial charge in [-0.25, -0.2) is 0 Å². The maximum atomic E-state index is 11.4. The lowest BCUT2D eigenvalue weighted by Gasteiger charge is -2.13. The number of carbonyl (C=O) groups excluding carboxylic acids is 1. The van der Waals surface area contributed by atoms with Gasteiger partial charge in [-0.05, 0) is 20.4 Å². The van der Waals surface area contributed by atoms with Gasteiger partial charge in [0.05, 0.1) is 0 Å². The number of carbonyl (C=O) groups is 1. The number of hydrogen-bond donors (Lipinski definition) is 2. The topological polar surface area (TPSA) is 41.1 Å². The van der Waals surface area contributed by atoms with Crippen molar-refractivity contribution in [1.82, 2.24) is 10.6 Å². The van der Waals surface area contributed by atoms with Crippen LogP contribution in [0.15, 0.2) is 0 Å². The van der Waals surface area contributed by atoms with E-state index in [1.807, 2.05) is 7.05 Å². The Labute approximate surface area is 94.0 Å². The molecule has 0 saturated heterocycles. The van der Waals surface area contributed by atoms with Crippen LogP contribution < -0.4 is 10.6 Å². The molecule has 1 atom stereocenters. The number of unbranched alkanes of at least 4 members (excludes halogenated alkanes) is 3. The van der Waals surface area contributed by atoms with E-state index in [1.54, 1.807) is 0 Å². The Kier molecular flexibility index (Phi) is 9.59. The molecule has 0 spiro atoms. The molecule has 0 fully saturated rings. The third-order valence-electron chi connectivity index (χ3n) is 2.50. The summed E-state index contributed by atoms with van der Waals surface area (Å²) in [5, 5.41) is 5.98. The van der Waals surface area contributed by atoms with Crippen LogP contribution >= 0.6 is 0 Å². The summed E-state index contributed by atoms with van der Waals surface area (Å²) in [6, 6.07) is 0.325. The largest absolute Gasteiger partial charge is 0.354 e. The smallest absolute Gasteiger partial charge is 0.221 e. The van der Waals surface area contributed by atoms with E-state index in [-0.39, 0.29) is 5.91 Å². The van der Waals surface area contributed by atoms with Crippen LogP contribution in [0.25, 0.3) is 0 Å². The van der Waals surface area contributed by atoms with Crippen molar-refractivity contribution in [1.29, 1.82) is 0 Å². The second-order valence-corrected chi connectivity index (χ2v) is 4.17. The van der Waals surface area contributed by atoms with E-state index < -0.39 is 0 Å². The lowest BCUT2D eigenvalue weighted by molar-refractivity contribution is -0.121. The van der Waals surface area contributed by atoms with Crippen LogP contribution in [-0.2, 0) is 4.79 Å². The predicted molar refractivity (Wildman–Crippen MR) is 64.9 cm³/mol. The van der Waals surface area contributed by atoms with Crippen molar-refractivity contribution in [3.05, 3.63) is 0 Å². The Hall–Kier alpha value is -0.570. The van der Waals surface area contributed by atoms with Crippen molar-refractivity contribution in [3.63, 3.8) is 0 Å². The molecule has 0 bridgehead atoms. The first kappa shape index (κ1) is 14.4. The molecule has 2 N–H and O–H groups in total. The molecule has 1 amide bonds. The summed E-state index contributed by atoms with van der Waals surface area (Å²) < 4.78 is 0. The standard InChI is InChI=1S/C12H26N2O/c1-4-5-6-7-8-11(2)14-12(15)9-10-13-3/h11,13H,4-10H2,1-3H3,(H,14,15). The summed E-state index contributed by atoms with van der Waals surface area (Å²) in [6.45, 7) is 5.06. The fraction of sp³-hybridized carbons (Fsp3) is 0.917. The van der Waals surface area contributed by atoms with Gasteiger partial charge < -0.3 is 10.6 Å². The molecule has 0 aliphatic heterocycles. The van der Waals surface area contributed by atoms with E-state index in [1.165, 1.54) is 25.7 Å². The SMILES string of the molecule is CCCCCCC(C)NC(=O)CCNC. The molecule has 3 nitrogen and oxygen atoms in total. The minimum atomic E-state index is 0.160. The van der Waals surface area contributed by atoms with E-state index in [0.29, 0.717) is 12.5 Å². The normalized spacial score (nSPS) is 12.5. The first-order chi connectivity index (χ1) is 7.20. The van der Waals surface area contributed by atoms with E-state index in [2.05, 4.69) is 24.5 Å². The molecule has 0 heterocycles. The summed E-state index contributed by atoms with van der Waals surface area (Å²) in [7, 11) is 1.86. The summed E-state index contributed by atoms with van der Waals surface area (Å²) in [5.74, 6) is 0.160. The highest BCUT2D eigenvalue weighted by Gasteiger charge is 2.05. The first-order valence-electron chi connectivity index (χ1n) is 6.14. The Morgan fingerprint density at radius 1 is 1.27 bits per heavy atom. The van der Waals surface area contributed by atoms with Gasteiger partial charge in [0.25, 0.3) is 0 Å². The van der Waals surface area contributed by atoms with Crippen molar-refractivity contribution >= 4 is 5.91 Å². The van der Waals surface area contributed by atoms with Crippen LogP contribution in [0.1, 0.15) is 52.4 Å². The maximum Gasteiger partial charge on any atom is 0.221 e. The van der Waals surface area contributed by atoms with Gasteiger partial charge in [0, 0.05) is 19.0 Å². The highest BCUT2D eigenvalue weighted by atomic mass is 16.1. The van der Waals surface area contributed by atoms with E-state index >= 15 is 0 Å². The maximum absolute atomic E-state index is 11.4. The number of amides is 1. The lowest BCUT2D eigenvalue weighted by Crippen LogP contribution is -2.34. The van der Waals surface area contributed by atoms with Crippen molar-refractivity contribution in [2.75, 3.05) is 13.6 Å². The van der Waals surface area contributed by atoms with E-state index in [9.17, 15) is 4.79 Å². The van der Waals surface area contributed by atoms with Gasteiger partial charge in [-0.3, -0.25) is 4.79 Å². The molecule has 0 aromatic heterocycles. The predicted octanol–water partition coefficient (Wildman–Crippen LogP) is 2.07. The summed E-state index contributed by atoms with van der Waals surface area (Å²) in [4.78, 5) is 11.4. The Bertz CT molecular complexity index is 160. The second kappa shape index (κ2) is 9.97. The monoisotopic (exact) mass is 214 g/mol. The van der Waals surface area contributed by atoms with Crippen molar-refractivity contribution in [3.8, 4) is 0 Å². The molecule has 90 valence electrons. The van der Waals surface area contributed by atoms with Gasteiger partial charge in [-0.2, -0.15) is 0 Å². The number of nitrogens with one attached hydrogen (secondary N) is 2. The molecule has 0 aliphatic rings. The third kappa shape index (κ3) is 9.73. The van der Waals surface area contributed by atoms with Crippen molar-refractivity contribution in [2.24, 2.45) is 0 Å². The fourth-order valence-electron chi connectivity index (χ4n) is 1.53. The van der Waals surface area contributed by atoms with Gasteiger partial charge in [0.15, 0.2) is 0 Å². The average molecular weight is 214 g/mol. The number of rotatable bonds is 9. The Balaban J connectivity index is 3.38. The number of hydrogen-bond acceptors (Lipinski definition) is 2. The minimum Gasteiger partial charge on any atom is -0.354 e.